The van der Waals surface area contributed by atoms with Gasteiger partial charge in [-0.1, -0.05) is 63.6 Å². The van der Waals surface area contributed by atoms with Crippen LogP contribution in [0.1, 0.15) is 66.8 Å². The molecule has 0 radical (unpaired) electrons. The fourth-order valence-corrected chi connectivity index (χ4v) is 7.01. The van der Waals surface area contributed by atoms with Crippen LogP contribution in [-0.4, -0.2) is 19.3 Å². The predicted molar refractivity (Wildman–Crippen MR) is 195 cm³/mol. The van der Waals surface area contributed by atoms with Crippen LogP contribution in [0.4, 0.5) is 0 Å². The van der Waals surface area contributed by atoms with Crippen LogP contribution >= 0.6 is 0 Å². The number of hydrogen-bond acceptors (Lipinski definition) is 3. The molecule has 3 aromatic heterocycles. The van der Waals surface area contributed by atoms with E-state index in [2.05, 4.69) is 149 Å². The van der Waals surface area contributed by atoms with Crippen molar-refractivity contribution in [1.82, 2.24) is 19.3 Å². The summed E-state index contributed by atoms with van der Waals surface area (Å²) < 4.78 is 11.0. The molecule has 0 N–H and O–H groups in total. The highest BCUT2D eigenvalue weighted by Gasteiger charge is 2.20. The summed E-state index contributed by atoms with van der Waals surface area (Å²) in [5.74, 6) is 2.81. The number of hydrogen-bond donors (Lipinski definition) is 0. The molecular formula is C42H42N4O. The van der Waals surface area contributed by atoms with Crippen LogP contribution in [-0.2, 0) is 6.42 Å². The van der Waals surface area contributed by atoms with Crippen molar-refractivity contribution >= 4 is 21.8 Å². The Morgan fingerprint density at radius 2 is 1.49 bits per heavy atom. The summed E-state index contributed by atoms with van der Waals surface area (Å²) in [7, 11) is 0. The van der Waals surface area contributed by atoms with Crippen molar-refractivity contribution in [1.29, 1.82) is 0 Å². The molecule has 0 saturated heterocycles. The van der Waals surface area contributed by atoms with E-state index in [0.29, 0.717) is 5.92 Å². The van der Waals surface area contributed by atoms with Crippen molar-refractivity contribution in [2.75, 3.05) is 0 Å². The first-order chi connectivity index (χ1) is 22.7. The van der Waals surface area contributed by atoms with Crippen LogP contribution < -0.4 is 4.74 Å². The van der Waals surface area contributed by atoms with Crippen molar-refractivity contribution in [2.24, 2.45) is 0 Å². The van der Waals surface area contributed by atoms with Crippen LogP contribution in [0.15, 0.2) is 97.2 Å². The van der Waals surface area contributed by atoms with Gasteiger partial charge in [0.15, 0.2) is 0 Å². The van der Waals surface area contributed by atoms with Gasteiger partial charge in [0, 0.05) is 40.4 Å². The number of fused-ring (bicyclic) bond motifs is 3. The summed E-state index contributed by atoms with van der Waals surface area (Å²) in [6, 6.07) is 32.2. The van der Waals surface area contributed by atoms with E-state index in [1.165, 1.54) is 44.2 Å². The maximum Gasteiger partial charge on any atom is 0.137 e. The Balaban J connectivity index is 1.33. The fourth-order valence-electron chi connectivity index (χ4n) is 7.01. The van der Waals surface area contributed by atoms with E-state index < -0.39 is 0 Å². The number of para-hydroxylation sites is 1. The third-order valence-corrected chi connectivity index (χ3v) is 9.31. The Hall–Kier alpha value is -5.16. The van der Waals surface area contributed by atoms with Gasteiger partial charge in [-0.25, -0.2) is 9.67 Å². The molecule has 0 atom stereocenters. The van der Waals surface area contributed by atoms with E-state index in [0.717, 1.165) is 58.3 Å². The molecule has 0 unspecified atom stereocenters. The summed E-state index contributed by atoms with van der Waals surface area (Å²) >= 11 is 0. The van der Waals surface area contributed by atoms with Crippen LogP contribution in [0, 0.1) is 27.7 Å². The third kappa shape index (κ3) is 5.50. The van der Waals surface area contributed by atoms with E-state index in [1.54, 1.807) is 0 Å². The van der Waals surface area contributed by atoms with Crippen molar-refractivity contribution in [2.45, 2.75) is 67.2 Å². The van der Waals surface area contributed by atoms with Gasteiger partial charge in [-0.05, 0) is 110 Å². The second-order valence-corrected chi connectivity index (χ2v) is 13.0. The summed E-state index contributed by atoms with van der Waals surface area (Å²) in [6.45, 7) is 15.3. The zero-order chi connectivity index (χ0) is 32.8. The molecule has 7 rings (SSSR count). The molecule has 5 nitrogen and oxygen atoms in total. The molecule has 0 aliphatic heterocycles. The van der Waals surface area contributed by atoms with Crippen molar-refractivity contribution in [3.63, 3.8) is 0 Å². The summed E-state index contributed by atoms with van der Waals surface area (Å²) in [5, 5.41) is 7.44. The minimum absolute atomic E-state index is 0.318. The van der Waals surface area contributed by atoms with Gasteiger partial charge in [-0.2, -0.15) is 5.10 Å². The fraction of sp³-hybridized carbons (Fsp3) is 0.238. The zero-order valence-corrected chi connectivity index (χ0v) is 28.4. The van der Waals surface area contributed by atoms with Crippen molar-refractivity contribution < 1.29 is 4.74 Å². The van der Waals surface area contributed by atoms with Gasteiger partial charge in [0.1, 0.15) is 17.3 Å². The lowest BCUT2D eigenvalue weighted by Crippen LogP contribution is -2.02. The largest absolute Gasteiger partial charge is 0.457 e. The Morgan fingerprint density at radius 1 is 0.723 bits per heavy atom. The van der Waals surface area contributed by atoms with Crippen LogP contribution in [0.2, 0.25) is 0 Å². The molecule has 0 aliphatic rings. The summed E-state index contributed by atoms with van der Waals surface area (Å²) in [5.41, 5.74) is 12.8. The van der Waals surface area contributed by atoms with Crippen LogP contribution in [0.5, 0.6) is 11.5 Å². The average molecular weight is 619 g/mol. The second-order valence-electron chi connectivity index (χ2n) is 13.0. The van der Waals surface area contributed by atoms with E-state index >= 15 is 0 Å². The van der Waals surface area contributed by atoms with Crippen molar-refractivity contribution in [3.05, 3.63) is 131 Å². The third-order valence-electron chi connectivity index (χ3n) is 9.31. The Morgan fingerprint density at radius 3 is 2.26 bits per heavy atom. The van der Waals surface area contributed by atoms with E-state index in [4.69, 9.17) is 14.8 Å². The lowest BCUT2D eigenvalue weighted by molar-refractivity contribution is 0.481. The molecular weight excluding hydrogens is 576 g/mol. The first-order valence-corrected chi connectivity index (χ1v) is 16.7. The topological polar surface area (TPSA) is 44.9 Å². The van der Waals surface area contributed by atoms with Gasteiger partial charge < -0.3 is 4.74 Å². The van der Waals surface area contributed by atoms with E-state index in [9.17, 15) is 0 Å². The minimum Gasteiger partial charge on any atom is -0.457 e. The lowest BCUT2D eigenvalue weighted by atomic mass is 9.94. The summed E-state index contributed by atoms with van der Waals surface area (Å²) in [6.07, 6.45) is 4.04. The molecule has 236 valence electrons. The molecule has 0 amide bonds. The normalized spacial score (nSPS) is 11.7. The highest BCUT2D eigenvalue weighted by Crippen LogP contribution is 2.38. The highest BCUT2D eigenvalue weighted by atomic mass is 16.5. The molecule has 0 bridgehead atoms. The van der Waals surface area contributed by atoms with E-state index in [1.807, 2.05) is 6.20 Å². The average Bonchev–Trinajstić information content (AvgIpc) is 3.54. The second kappa shape index (κ2) is 12.2. The first-order valence-electron chi connectivity index (χ1n) is 16.7. The van der Waals surface area contributed by atoms with Crippen molar-refractivity contribution in [3.8, 4) is 34.1 Å². The number of rotatable bonds is 8. The molecule has 7 aromatic rings. The number of benzene rings is 4. The smallest absolute Gasteiger partial charge is 0.137 e. The van der Waals surface area contributed by atoms with Gasteiger partial charge >= 0.3 is 0 Å². The number of aryl methyl sites for hydroxylation is 4. The number of ether oxygens (including phenoxy) is 1. The molecule has 5 heteroatoms. The molecule has 0 aliphatic carbocycles. The highest BCUT2D eigenvalue weighted by molar-refractivity contribution is 6.09. The number of aromatic nitrogens is 4. The Labute approximate surface area is 277 Å². The molecule has 47 heavy (non-hydrogen) atoms. The maximum absolute atomic E-state index is 6.71. The van der Waals surface area contributed by atoms with Crippen LogP contribution in [0.3, 0.4) is 0 Å². The standard InChI is InChI=1S/C42H42N4O/c1-8-12-31-19-20-43-40(21-31)45-38-16-10-9-15-36(38)37-18-17-34(25-39(37)45)47-35-23-32(26(2)3)22-33(24-35)46-30(7)42(29(6)44-46)41-27(4)13-11-14-28(41)5/h9-11,13-26H,8,12H2,1-7H3. The van der Waals surface area contributed by atoms with E-state index in [-0.39, 0.29) is 0 Å². The molecule has 0 spiro atoms. The quantitative estimate of drug-likeness (QED) is 0.170. The molecule has 0 saturated carbocycles. The Bertz CT molecular complexity index is 2250. The molecule has 3 heterocycles. The van der Waals surface area contributed by atoms with Gasteiger partial charge in [0.25, 0.3) is 0 Å². The monoisotopic (exact) mass is 618 g/mol. The van der Waals surface area contributed by atoms with Gasteiger partial charge in [-0.15, -0.1) is 0 Å². The zero-order valence-electron chi connectivity index (χ0n) is 28.4. The molecule has 4 aromatic carbocycles. The van der Waals surface area contributed by atoms with Gasteiger partial charge in [0.05, 0.1) is 22.4 Å². The van der Waals surface area contributed by atoms with Gasteiger partial charge in [-0.3, -0.25) is 4.57 Å². The maximum atomic E-state index is 6.71. The lowest BCUT2D eigenvalue weighted by Gasteiger charge is -2.15. The molecule has 0 fully saturated rings. The predicted octanol–water partition coefficient (Wildman–Crippen LogP) is 11.1. The SMILES string of the molecule is CCCc1ccnc(-n2c3ccccc3c3ccc(Oc4cc(C(C)C)cc(-n5nc(C)c(-c6c(C)cccc6C)c5C)c4)cc32)c1. The van der Waals surface area contributed by atoms with Gasteiger partial charge in [0.2, 0.25) is 0 Å². The first kappa shape index (κ1) is 30.5. The number of pyridine rings is 1. The number of nitrogens with zero attached hydrogens (tertiary/aromatic N) is 4. The van der Waals surface area contributed by atoms with Crippen LogP contribution in [0.25, 0.3) is 44.4 Å². The Kier molecular flexibility index (Phi) is 7.93. The minimum atomic E-state index is 0.318. The summed E-state index contributed by atoms with van der Waals surface area (Å²) in [4.78, 5) is 4.82.